The van der Waals surface area contributed by atoms with E-state index in [-0.39, 0.29) is 5.91 Å². The fraction of sp³-hybridized carbons (Fsp3) is 0.238. The molecule has 0 atom stereocenters. The van der Waals surface area contributed by atoms with Gasteiger partial charge in [-0.2, -0.15) is 5.10 Å². The average Bonchev–Trinajstić information content (AvgIpc) is 3.06. The second-order valence-corrected chi connectivity index (χ2v) is 7.30. The lowest BCUT2D eigenvalue weighted by Gasteiger charge is -2.09. The van der Waals surface area contributed by atoms with Gasteiger partial charge in [0.1, 0.15) is 22.1 Å². The summed E-state index contributed by atoms with van der Waals surface area (Å²) in [7, 11) is 1.59. The molecule has 1 aromatic heterocycles. The number of ether oxygens (including phenoxy) is 3. The molecule has 3 aromatic rings. The van der Waals surface area contributed by atoms with E-state index in [0.29, 0.717) is 40.4 Å². The van der Waals surface area contributed by atoms with Crippen molar-refractivity contribution < 1.29 is 19.0 Å². The molecule has 0 saturated carbocycles. The summed E-state index contributed by atoms with van der Waals surface area (Å²) < 4.78 is 17.2. The maximum atomic E-state index is 12.5. The largest absolute Gasteiger partial charge is 0.497 e. The summed E-state index contributed by atoms with van der Waals surface area (Å²) in [6.07, 6.45) is 1.53. The normalized spacial score (nSPS) is 11.0. The van der Waals surface area contributed by atoms with Crippen LogP contribution in [0.25, 0.3) is 10.1 Å². The van der Waals surface area contributed by atoms with Gasteiger partial charge >= 0.3 is 0 Å². The van der Waals surface area contributed by atoms with Gasteiger partial charge in [-0.15, -0.1) is 11.3 Å². The minimum Gasteiger partial charge on any atom is -0.497 e. The summed E-state index contributed by atoms with van der Waals surface area (Å²) >= 11 is 7.67. The van der Waals surface area contributed by atoms with Gasteiger partial charge in [-0.05, 0) is 44.2 Å². The van der Waals surface area contributed by atoms with Crippen LogP contribution in [-0.4, -0.2) is 32.4 Å². The van der Waals surface area contributed by atoms with Crippen LogP contribution in [0.1, 0.15) is 29.1 Å². The molecule has 3 rings (SSSR count). The average molecular weight is 433 g/mol. The molecule has 1 heterocycles. The molecule has 0 aliphatic heterocycles. The first-order chi connectivity index (χ1) is 14.1. The topological polar surface area (TPSA) is 69.2 Å². The van der Waals surface area contributed by atoms with Crippen LogP contribution in [0.4, 0.5) is 0 Å². The molecule has 0 fully saturated rings. The third kappa shape index (κ3) is 4.81. The van der Waals surface area contributed by atoms with Crippen LogP contribution >= 0.6 is 22.9 Å². The van der Waals surface area contributed by atoms with Crippen molar-refractivity contribution in [2.24, 2.45) is 5.10 Å². The number of hydrazone groups is 1. The summed E-state index contributed by atoms with van der Waals surface area (Å²) in [5.41, 5.74) is 3.25. The summed E-state index contributed by atoms with van der Waals surface area (Å²) in [6.45, 7) is 4.88. The molecule has 0 radical (unpaired) electrons. The highest BCUT2D eigenvalue weighted by Gasteiger charge is 2.17. The Morgan fingerprint density at radius 2 is 1.90 bits per heavy atom. The van der Waals surface area contributed by atoms with Gasteiger partial charge in [0.25, 0.3) is 5.91 Å². The van der Waals surface area contributed by atoms with Gasteiger partial charge in [-0.3, -0.25) is 4.79 Å². The van der Waals surface area contributed by atoms with Crippen molar-refractivity contribution in [2.45, 2.75) is 13.8 Å². The number of nitrogens with one attached hydrogen (secondary N) is 1. The number of thiophene rings is 1. The van der Waals surface area contributed by atoms with Crippen LogP contribution in [0.2, 0.25) is 5.02 Å². The van der Waals surface area contributed by atoms with E-state index in [2.05, 4.69) is 10.5 Å². The van der Waals surface area contributed by atoms with E-state index >= 15 is 0 Å². The summed E-state index contributed by atoms with van der Waals surface area (Å²) in [4.78, 5) is 12.9. The molecule has 8 heteroatoms. The number of hydrogen-bond acceptors (Lipinski definition) is 6. The molecule has 2 aromatic carbocycles. The minimum absolute atomic E-state index is 0.379. The molecular formula is C21H21ClN2O4S. The minimum atomic E-state index is -0.379. The Kier molecular flexibility index (Phi) is 6.95. The van der Waals surface area contributed by atoms with E-state index in [4.69, 9.17) is 25.8 Å². The maximum absolute atomic E-state index is 12.5. The number of hydrogen-bond donors (Lipinski definition) is 1. The highest BCUT2D eigenvalue weighted by molar-refractivity contribution is 7.21. The van der Waals surface area contributed by atoms with E-state index in [1.807, 2.05) is 44.2 Å². The van der Waals surface area contributed by atoms with Crippen molar-refractivity contribution in [2.75, 3.05) is 20.3 Å². The predicted molar refractivity (Wildman–Crippen MR) is 117 cm³/mol. The molecule has 0 spiro atoms. The molecule has 6 nitrogen and oxygen atoms in total. The maximum Gasteiger partial charge on any atom is 0.283 e. The number of amides is 1. The molecule has 0 aliphatic rings. The lowest BCUT2D eigenvalue weighted by Crippen LogP contribution is -2.16. The Morgan fingerprint density at radius 1 is 1.14 bits per heavy atom. The summed E-state index contributed by atoms with van der Waals surface area (Å²) in [5.74, 6) is 1.67. The van der Waals surface area contributed by atoms with E-state index in [1.165, 1.54) is 17.6 Å². The van der Waals surface area contributed by atoms with Gasteiger partial charge in [-0.25, -0.2) is 5.43 Å². The Morgan fingerprint density at radius 3 is 2.62 bits per heavy atom. The Balaban J connectivity index is 1.77. The molecule has 152 valence electrons. The number of carbonyl (C=O) groups excluding carboxylic acids is 1. The van der Waals surface area contributed by atoms with Gasteiger partial charge in [0.2, 0.25) is 0 Å². The number of carbonyl (C=O) groups is 1. The first-order valence-electron chi connectivity index (χ1n) is 9.06. The molecule has 1 N–H and O–H groups in total. The highest BCUT2D eigenvalue weighted by atomic mass is 35.5. The fourth-order valence-electron chi connectivity index (χ4n) is 2.69. The van der Waals surface area contributed by atoms with Crippen LogP contribution < -0.4 is 19.6 Å². The smallest absolute Gasteiger partial charge is 0.283 e. The lowest BCUT2D eigenvalue weighted by molar-refractivity contribution is 0.0959. The van der Waals surface area contributed by atoms with E-state index in [1.54, 1.807) is 13.2 Å². The van der Waals surface area contributed by atoms with E-state index in [9.17, 15) is 4.79 Å². The number of halogens is 1. The molecule has 0 saturated heterocycles. The zero-order valence-electron chi connectivity index (χ0n) is 16.3. The molecule has 0 bridgehead atoms. The number of nitrogens with zero attached hydrogens (tertiary/aromatic N) is 1. The highest BCUT2D eigenvalue weighted by Crippen LogP contribution is 2.37. The van der Waals surface area contributed by atoms with Crippen molar-refractivity contribution in [3.05, 3.63) is 51.9 Å². The summed E-state index contributed by atoms with van der Waals surface area (Å²) in [5, 5.41) is 5.26. The van der Waals surface area contributed by atoms with Gasteiger partial charge in [0, 0.05) is 21.7 Å². The summed E-state index contributed by atoms with van der Waals surface area (Å²) in [6, 6.07) is 10.9. The molecule has 1 amide bonds. The first-order valence-corrected chi connectivity index (χ1v) is 10.3. The Labute approximate surface area is 178 Å². The molecule has 0 aliphatic carbocycles. The first kappa shape index (κ1) is 21.0. The standard InChI is InChI=1S/C21H21ClN2O4S/c1-4-27-15-7-6-13(17(10-15)28-5-2)12-23-24-21(25)20-19(22)16-9-8-14(26-3)11-18(16)29-20/h6-12H,4-5H2,1-3H3,(H,24,25). The van der Waals surface area contributed by atoms with Gasteiger partial charge in [0.05, 0.1) is 31.6 Å². The van der Waals surface area contributed by atoms with Crippen molar-refractivity contribution in [3.8, 4) is 17.2 Å². The van der Waals surface area contributed by atoms with Crippen molar-refractivity contribution in [1.29, 1.82) is 0 Å². The number of rotatable bonds is 8. The van der Waals surface area contributed by atoms with E-state index < -0.39 is 0 Å². The second-order valence-electron chi connectivity index (χ2n) is 5.87. The monoisotopic (exact) mass is 432 g/mol. The van der Waals surface area contributed by atoms with Crippen LogP contribution in [0.15, 0.2) is 41.5 Å². The molecule has 29 heavy (non-hydrogen) atoms. The second kappa shape index (κ2) is 9.62. The lowest BCUT2D eigenvalue weighted by atomic mass is 10.2. The number of fused-ring (bicyclic) bond motifs is 1. The zero-order chi connectivity index (χ0) is 20.8. The number of benzene rings is 2. The van der Waals surface area contributed by atoms with Crippen LogP contribution in [-0.2, 0) is 0 Å². The Bertz CT molecular complexity index is 1050. The zero-order valence-corrected chi connectivity index (χ0v) is 17.9. The number of methoxy groups -OCH3 is 1. The van der Waals surface area contributed by atoms with Gasteiger partial charge < -0.3 is 14.2 Å². The fourth-order valence-corrected chi connectivity index (χ4v) is 4.12. The van der Waals surface area contributed by atoms with Crippen LogP contribution in [0.5, 0.6) is 17.2 Å². The Hall–Kier alpha value is -2.77. The molecule has 0 unspecified atom stereocenters. The third-order valence-corrected chi connectivity index (χ3v) is 5.66. The van der Waals surface area contributed by atoms with Crippen molar-refractivity contribution in [1.82, 2.24) is 5.43 Å². The SMILES string of the molecule is CCOc1ccc(C=NNC(=O)c2sc3cc(OC)ccc3c2Cl)c(OCC)c1. The quantitative estimate of drug-likeness (QED) is 0.396. The van der Waals surface area contributed by atoms with Gasteiger partial charge in [-0.1, -0.05) is 11.6 Å². The third-order valence-electron chi connectivity index (χ3n) is 4.01. The van der Waals surface area contributed by atoms with Crippen molar-refractivity contribution >= 4 is 45.1 Å². The predicted octanol–water partition coefficient (Wildman–Crippen LogP) is 5.12. The van der Waals surface area contributed by atoms with Gasteiger partial charge in [0.15, 0.2) is 0 Å². The van der Waals surface area contributed by atoms with Crippen LogP contribution in [0.3, 0.4) is 0 Å². The van der Waals surface area contributed by atoms with Crippen LogP contribution in [0, 0.1) is 0 Å². The molecular weight excluding hydrogens is 412 g/mol. The van der Waals surface area contributed by atoms with Crippen molar-refractivity contribution in [3.63, 3.8) is 0 Å². The van der Waals surface area contributed by atoms with E-state index in [0.717, 1.165) is 15.6 Å².